The zero-order chi connectivity index (χ0) is 41.2. The van der Waals surface area contributed by atoms with Crippen LogP contribution >= 0.6 is 7.82 Å². The van der Waals surface area contributed by atoms with Crippen molar-refractivity contribution in [3.8, 4) is 0 Å². The van der Waals surface area contributed by atoms with E-state index in [4.69, 9.17) is 29.4 Å². The van der Waals surface area contributed by atoms with Crippen LogP contribution in [0.3, 0.4) is 0 Å². The number of hydrogen-bond acceptors (Lipinski definition) is 8. The first-order valence-electron chi connectivity index (χ1n) is 23.6. The van der Waals surface area contributed by atoms with Crippen LogP contribution in [-0.4, -0.2) is 60.5 Å². The third-order valence-electron chi connectivity index (χ3n) is 10.6. The van der Waals surface area contributed by atoms with Gasteiger partial charge in [0, 0.05) is 13.0 Å². The minimum Gasteiger partial charge on any atom is -0.480 e. The van der Waals surface area contributed by atoms with Crippen molar-refractivity contribution in [1.29, 1.82) is 0 Å². The van der Waals surface area contributed by atoms with Gasteiger partial charge in [-0.2, -0.15) is 0 Å². The Balaban J connectivity index is 4.09. The van der Waals surface area contributed by atoms with E-state index in [0.717, 1.165) is 38.5 Å². The highest BCUT2D eigenvalue weighted by atomic mass is 31.2. The third-order valence-corrected chi connectivity index (χ3v) is 11.6. The molecule has 4 N–H and O–H groups in total. The summed E-state index contributed by atoms with van der Waals surface area (Å²) in [4.78, 5) is 33.6. The van der Waals surface area contributed by atoms with Crippen molar-refractivity contribution in [2.45, 2.75) is 251 Å². The number of phosphoric acid groups is 1. The Bertz CT molecular complexity index is 909. The molecule has 0 heterocycles. The van der Waals surface area contributed by atoms with Gasteiger partial charge in [-0.1, -0.05) is 219 Å². The topological polar surface area (TPSA) is 155 Å². The summed E-state index contributed by atoms with van der Waals surface area (Å²) in [6, 6.07) is -1.47. The number of nitrogens with two attached hydrogens (primary N) is 1. The average Bonchev–Trinajstić information content (AvgIpc) is 3.18. The monoisotopic (exact) mass is 820 g/mol. The average molecular weight is 820 g/mol. The molecule has 0 aromatic carbocycles. The van der Waals surface area contributed by atoms with Crippen LogP contribution in [-0.2, 0) is 32.7 Å². The molecule has 0 rings (SSSR count). The van der Waals surface area contributed by atoms with E-state index in [9.17, 15) is 19.0 Å². The van der Waals surface area contributed by atoms with Crippen LogP contribution in [0.1, 0.15) is 239 Å². The molecule has 10 nitrogen and oxygen atoms in total. The van der Waals surface area contributed by atoms with Gasteiger partial charge in [0.2, 0.25) is 0 Å². The summed E-state index contributed by atoms with van der Waals surface area (Å²) in [6.07, 6.45) is 43.0. The maximum Gasteiger partial charge on any atom is 0.472 e. The first-order valence-corrected chi connectivity index (χ1v) is 25.1. The molecular weight excluding hydrogens is 729 g/mol. The van der Waals surface area contributed by atoms with Crippen LogP contribution < -0.4 is 5.73 Å². The number of carbonyl (C=O) groups is 2. The van der Waals surface area contributed by atoms with Gasteiger partial charge in [-0.25, -0.2) is 4.57 Å². The molecule has 0 bridgehead atoms. The molecule has 11 heteroatoms. The molecule has 0 amide bonds. The maximum atomic E-state index is 12.7. The molecule has 0 saturated heterocycles. The van der Waals surface area contributed by atoms with Crippen molar-refractivity contribution in [2.75, 3.05) is 26.4 Å². The predicted molar refractivity (Wildman–Crippen MR) is 231 cm³/mol. The molecule has 0 aromatic rings. The van der Waals surface area contributed by atoms with E-state index in [2.05, 4.69) is 13.8 Å². The van der Waals surface area contributed by atoms with Gasteiger partial charge >= 0.3 is 19.8 Å². The van der Waals surface area contributed by atoms with Crippen LogP contribution in [0.5, 0.6) is 0 Å². The molecule has 0 spiro atoms. The Hall–Kier alpha value is -1.03. The number of hydrogen-bond donors (Lipinski definition) is 3. The van der Waals surface area contributed by atoms with Crippen LogP contribution in [0.15, 0.2) is 0 Å². The molecule has 334 valence electrons. The molecule has 3 atom stereocenters. The minimum absolute atomic E-state index is 0.0257. The SMILES string of the molecule is CCCCCCCCCCCCCCCCCCCCCCCC(=O)OC(COCCCCCCCCCCCCCCC)COP(=O)(O)OCC(N)C(=O)O. The van der Waals surface area contributed by atoms with Crippen molar-refractivity contribution >= 4 is 19.8 Å². The van der Waals surface area contributed by atoms with E-state index in [1.807, 2.05) is 0 Å². The molecule has 3 unspecified atom stereocenters. The number of phosphoric ester groups is 1. The molecule has 0 radical (unpaired) electrons. The highest BCUT2D eigenvalue weighted by molar-refractivity contribution is 7.47. The van der Waals surface area contributed by atoms with E-state index < -0.39 is 45.1 Å². The van der Waals surface area contributed by atoms with Gasteiger partial charge in [-0.15, -0.1) is 0 Å². The highest BCUT2D eigenvalue weighted by Crippen LogP contribution is 2.43. The second kappa shape index (κ2) is 42.1. The minimum atomic E-state index is -4.61. The van der Waals surface area contributed by atoms with Gasteiger partial charge in [-0.05, 0) is 12.8 Å². The number of rotatable bonds is 46. The molecule has 0 aliphatic heterocycles. The lowest BCUT2D eigenvalue weighted by atomic mass is 10.0. The zero-order valence-corrected chi connectivity index (χ0v) is 37.4. The van der Waals surface area contributed by atoms with Crippen molar-refractivity contribution in [1.82, 2.24) is 0 Å². The van der Waals surface area contributed by atoms with E-state index in [1.54, 1.807) is 0 Å². The molecule has 0 aromatic heterocycles. The van der Waals surface area contributed by atoms with Gasteiger partial charge in [0.05, 0.1) is 19.8 Å². The van der Waals surface area contributed by atoms with Crippen LogP contribution in [0, 0.1) is 0 Å². The Kier molecular flexibility index (Phi) is 41.3. The van der Waals surface area contributed by atoms with Crippen LogP contribution in [0.2, 0.25) is 0 Å². The second-order valence-electron chi connectivity index (χ2n) is 16.3. The van der Waals surface area contributed by atoms with Gasteiger partial charge in [0.1, 0.15) is 12.1 Å². The van der Waals surface area contributed by atoms with E-state index in [-0.39, 0.29) is 13.0 Å². The molecule has 0 saturated carbocycles. The number of carboxylic acids is 1. The summed E-state index contributed by atoms with van der Waals surface area (Å²) in [5.41, 5.74) is 5.36. The predicted octanol–water partition coefficient (Wildman–Crippen LogP) is 13.2. The standard InChI is InChI=1S/C45H90NO9P/c1-3-5-7-9-11-13-15-17-18-19-20-21-22-23-24-25-27-29-31-33-35-37-44(47)55-42(40-53-56(50,51)54-41-43(46)45(48)49)39-52-38-36-34-32-30-28-26-16-14-12-10-8-6-4-2/h42-43H,3-41,46H2,1-2H3,(H,48,49)(H,50,51). The molecule has 0 aliphatic carbocycles. The quantitative estimate of drug-likeness (QED) is 0.0307. The molecule has 0 aliphatic rings. The Labute approximate surface area is 344 Å². The number of aliphatic carboxylic acids is 1. The summed E-state index contributed by atoms with van der Waals surface area (Å²) in [5, 5.41) is 8.90. The number of ether oxygens (including phenoxy) is 2. The van der Waals surface area contributed by atoms with Gasteiger partial charge < -0.3 is 25.2 Å². The first-order chi connectivity index (χ1) is 27.2. The van der Waals surface area contributed by atoms with Crippen LogP contribution in [0.4, 0.5) is 0 Å². The van der Waals surface area contributed by atoms with Crippen molar-refractivity contribution in [3.63, 3.8) is 0 Å². The van der Waals surface area contributed by atoms with Crippen molar-refractivity contribution in [3.05, 3.63) is 0 Å². The fourth-order valence-electron chi connectivity index (χ4n) is 6.96. The second-order valence-corrected chi connectivity index (χ2v) is 17.7. The molecule has 56 heavy (non-hydrogen) atoms. The lowest BCUT2D eigenvalue weighted by molar-refractivity contribution is -0.154. The van der Waals surface area contributed by atoms with E-state index in [0.29, 0.717) is 6.61 Å². The Morgan fingerprint density at radius 2 is 0.821 bits per heavy atom. The number of carboxylic acid groups (broad SMARTS) is 1. The Morgan fingerprint density at radius 1 is 0.500 bits per heavy atom. The van der Waals surface area contributed by atoms with Gasteiger partial charge in [0.15, 0.2) is 0 Å². The number of unbranched alkanes of at least 4 members (excludes halogenated alkanes) is 32. The highest BCUT2D eigenvalue weighted by Gasteiger charge is 2.27. The summed E-state index contributed by atoms with van der Waals surface area (Å²) in [5.74, 6) is -1.76. The molecule has 0 fully saturated rings. The summed E-state index contributed by atoms with van der Waals surface area (Å²) in [7, 11) is -4.61. The lowest BCUT2D eigenvalue weighted by Gasteiger charge is -2.20. The number of carbonyl (C=O) groups excluding carboxylic acids is 1. The lowest BCUT2D eigenvalue weighted by Crippen LogP contribution is -2.34. The normalized spacial score (nSPS) is 13.8. The summed E-state index contributed by atoms with van der Waals surface area (Å²) in [6.45, 7) is 3.94. The van der Waals surface area contributed by atoms with Crippen molar-refractivity contribution < 1.29 is 42.7 Å². The largest absolute Gasteiger partial charge is 0.480 e. The van der Waals surface area contributed by atoms with Gasteiger partial charge in [0.25, 0.3) is 0 Å². The first kappa shape index (κ1) is 55.0. The van der Waals surface area contributed by atoms with Crippen molar-refractivity contribution in [2.24, 2.45) is 5.73 Å². The van der Waals surface area contributed by atoms with Crippen LogP contribution in [0.25, 0.3) is 0 Å². The zero-order valence-electron chi connectivity index (χ0n) is 36.5. The third kappa shape index (κ3) is 41.1. The van der Waals surface area contributed by atoms with E-state index >= 15 is 0 Å². The maximum absolute atomic E-state index is 12.7. The smallest absolute Gasteiger partial charge is 0.472 e. The fraction of sp³-hybridized carbons (Fsp3) is 0.956. The number of esters is 1. The molecular formula is C45H90NO9P. The van der Waals surface area contributed by atoms with Gasteiger partial charge in [-0.3, -0.25) is 18.6 Å². The van der Waals surface area contributed by atoms with E-state index in [1.165, 1.54) is 180 Å². The summed E-state index contributed by atoms with van der Waals surface area (Å²) < 4.78 is 33.4. The fourth-order valence-corrected chi connectivity index (χ4v) is 7.74. The summed E-state index contributed by atoms with van der Waals surface area (Å²) >= 11 is 0. The Morgan fingerprint density at radius 3 is 1.18 bits per heavy atom.